The fourth-order valence-corrected chi connectivity index (χ4v) is 1.36. The Labute approximate surface area is 80.1 Å². The summed E-state index contributed by atoms with van der Waals surface area (Å²) >= 11 is 0. The molecule has 4 nitrogen and oxygen atoms in total. The molecule has 1 heterocycles. The zero-order valence-electron chi connectivity index (χ0n) is 7.61. The van der Waals surface area contributed by atoms with Gasteiger partial charge >= 0.3 is 0 Å². The molecule has 74 valence electrons. The smallest absolute Gasteiger partial charge is 0.213 e. The SMILES string of the molecule is COC1=CCC(c2ncon2)C=C1F. The van der Waals surface area contributed by atoms with Crippen molar-refractivity contribution in [1.29, 1.82) is 0 Å². The summed E-state index contributed by atoms with van der Waals surface area (Å²) in [6.07, 6.45) is 4.97. The Morgan fingerprint density at radius 3 is 3.07 bits per heavy atom. The average Bonchev–Trinajstić information content (AvgIpc) is 2.70. The molecular weight excluding hydrogens is 187 g/mol. The molecule has 1 aliphatic carbocycles. The van der Waals surface area contributed by atoms with Crippen molar-refractivity contribution in [1.82, 2.24) is 10.1 Å². The Morgan fingerprint density at radius 2 is 2.50 bits per heavy atom. The first-order valence-electron chi connectivity index (χ1n) is 4.19. The van der Waals surface area contributed by atoms with Crippen molar-refractivity contribution < 1.29 is 13.7 Å². The standard InChI is InChI=1S/C9H9FN2O2/c1-13-8-3-2-6(4-7(8)10)9-11-5-14-12-9/h3-6H,2H2,1H3. The lowest BCUT2D eigenvalue weighted by molar-refractivity contribution is 0.277. The van der Waals surface area contributed by atoms with Crippen LogP contribution in [0.25, 0.3) is 0 Å². The fraction of sp³-hybridized carbons (Fsp3) is 0.333. The highest BCUT2D eigenvalue weighted by molar-refractivity contribution is 5.28. The zero-order valence-corrected chi connectivity index (χ0v) is 7.61. The fourth-order valence-electron chi connectivity index (χ4n) is 1.36. The molecule has 0 fully saturated rings. The molecule has 1 aliphatic rings. The second kappa shape index (κ2) is 3.61. The average molecular weight is 196 g/mol. The van der Waals surface area contributed by atoms with Crippen LogP contribution in [0.5, 0.6) is 0 Å². The maximum Gasteiger partial charge on any atom is 0.213 e. The Bertz CT molecular complexity index is 370. The molecule has 1 aromatic rings. The van der Waals surface area contributed by atoms with Crippen LogP contribution in [0.15, 0.2) is 34.7 Å². The molecule has 1 unspecified atom stereocenters. The minimum atomic E-state index is -0.381. The molecule has 1 atom stereocenters. The molecule has 0 bridgehead atoms. The second-order valence-electron chi connectivity index (χ2n) is 2.92. The van der Waals surface area contributed by atoms with Gasteiger partial charge in [0.05, 0.1) is 7.11 Å². The van der Waals surface area contributed by atoms with Crippen LogP contribution in [-0.2, 0) is 4.74 Å². The van der Waals surface area contributed by atoms with Crippen molar-refractivity contribution in [2.45, 2.75) is 12.3 Å². The van der Waals surface area contributed by atoms with Gasteiger partial charge < -0.3 is 9.26 Å². The van der Waals surface area contributed by atoms with Gasteiger partial charge in [-0.05, 0) is 18.6 Å². The predicted octanol–water partition coefficient (Wildman–Crippen LogP) is 1.94. The van der Waals surface area contributed by atoms with E-state index < -0.39 is 0 Å². The molecule has 0 radical (unpaired) electrons. The van der Waals surface area contributed by atoms with Crippen LogP contribution in [0, 0.1) is 0 Å². The molecule has 5 heteroatoms. The molecule has 0 saturated heterocycles. The van der Waals surface area contributed by atoms with E-state index in [2.05, 4.69) is 14.7 Å². The number of aromatic nitrogens is 2. The number of allylic oxidation sites excluding steroid dienone is 3. The lowest BCUT2D eigenvalue weighted by Gasteiger charge is -2.13. The molecule has 2 rings (SSSR count). The molecule has 0 N–H and O–H groups in total. The van der Waals surface area contributed by atoms with Crippen LogP contribution in [0.2, 0.25) is 0 Å². The third kappa shape index (κ3) is 1.53. The number of ether oxygens (including phenoxy) is 1. The summed E-state index contributed by atoms with van der Waals surface area (Å²) in [5.74, 6) is 0.220. The number of hydrogen-bond acceptors (Lipinski definition) is 4. The van der Waals surface area contributed by atoms with E-state index >= 15 is 0 Å². The van der Waals surface area contributed by atoms with Crippen LogP contribution >= 0.6 is 0 Å². The topological polar surface area (TPSA) is 48.2 Å². The van der Waals surface area contributed by atoms with E-state index in [1.807, 2.05) is 0 Å². The summed E-state index contributed by atoms with van der Waals surface area (Å²) in [5, 5.41) is 3.66. The van der Waals surface area contributed by atoms with E-state index in [9.17, 15) is 4.39 Å². The van der Waals surface area contributed by atoms with Crippen molar-refractivity contribution in [3.8, 4) is 0 Å². The normalized spacial score (nSPS) is 21.4. The van der Waals surface area contributed by atoms with Crippen LogP contribution in [0.1, 0.15) is 18.2 Å². The molecular formula is C9H9FN2O2. The predicted molar refractivity (Wildman–Crippen MR) is 45.9 cm³/mol. The Kier molecular flexibility index (Phi) is 2.30. The van der Waals surface area contributed by atoms with Gasteiger partial charge in [0, 0.05) is 5.92 Å². The van der Waals surface area contributed by atoms with E-state index in [4.69, 9.17) is 4.74 Å². The highest BCUT2D eigenvalue weighted by Crippen LogP contribution is 2.29. The minimum absolute atomic E-state index is 0.160. The van der Waals surface area contributed by atoms with Crippen molar-refractivity contribution in [3.05, 3.63) is 36.0 Å². The van der Waals surface area contributed by atoms with Gasteiger partial charge in [0.15, 0.2) is 11.7 Å². The van der Waals surface area contributed by atoms with Crippen molar-refractivity contribution in [2.24, 2.45) is 0 Å². The Hall–Kier alpha value is -1.65. The summed E-state index contributed by atoms with van der Waals surface area (Å²) in [6, 6.07) is 0. The zero-order chi connectivity index (χ0) is 9.97. The molecule has 14 heavy (non-hydrogen) atoms. The van der Waals surface area contributed by atoms with E-state index in [0.29, 0.717) is 12.2 Å². The number of rotatable bonds is 2. The van der Waals surface area contributed by atoms with Gasteiger partial charge in [-0.3, -0.25) is 0 Å². The summed E-state index contributed by atoms with van der Waals surface area (Å²) in [6.45, 7) is 0. The van der Waals surface area contributed by atoms with Gasteiger partial charge in [-0.15, -0.1) is 0 Å². The highest BCUT2D eigenvalue weighted by Gasteiger charge is 2.20. The molecule has 0 spiro atoms. The summed E-state index contributed by atoms with van der Waals surface area (Å²) < 4.78 is 22.7. The Morgan fingerprint density at radius 1 is 1.64 bits per heavy atom. The third-order valence-corrected chi connectivity index (χ3v) is 2.07. The van der Waals surface area contributed by atoms with Crippen LogP contribution in [0.4, 0.5) is 4.39 Å². The van der Waals surface area contributed by atoms with Gasteiger partial charge in [-0.2, -0.15) is 4.98 Å². The number of methoxy groups -OCH3 is 1. The van der Waals surface area contributed by atoms with Crippen LogP contribution < -0.4 is 0 Å². The number of hydrogen-bond donors (Lipinski definition) is 0. The van der Waals surface area contributed by atoms with Gasteiger partial charge in [-0.1, -0.05) is 5.16 Å². The number of halogens is 1. The first-order valence-corrected chi connectivity index (χ1v) is 4.19. The largest absolute Gasteiger partial charge is 0.494 e. The second-order valence-corrected chi connectivity index (χ2v) is 2.92. The van der Waals surface area contributed by atoms with Crippen LogP contribution in [-0.4, -0.2) is 17.3 Å². The molecule has 0 saturated carbocycles. The summed E-state index contributed by atoms with van der Waals surface area (Å²) in [4.78, 5) is 3.87. The monoisotopic (exact) mass is 196 g/mol. The third-order valence-electron chi connectivity index (χ3n) is 2.07. The van der Waals surface area contributed by atoms with Crippen molar-refractivity contribution in [2.75, 3.05) is 7.11 Å². The van der Waals surface area contributed by atoms with Crippen molar-refractivity contribution in [3.63, 3.8) is 0 Å². The van der Waals surface area contributed by atoms with Crippen molar-refractivity contribution >= 4 is 0 Å². The highest BCUT2D eigenvalue weighted by atomic mass is 19.1. The first-order chi connectivity index (χ1) is 6.81. The van der Waals surface area contributed by atoms with E-state index in [0.717, 1.165) is 0 Å². The summed E-state index contributed by atoms with van der Waals surface area (Å²) in [5.41, 5.74) is 0. The van der Waals surface area contributed by atoms with E-state index in [1.165, 1.54) is 19.6 Å². The minimum Gasteiger partial charge on any atom is -0.494 e. The van der Waals surface area contributed by atoms with Crippen LogP contribution in [0.3, 0.4) is 0 Å². The van der Waals surface area contributed by atoms with Gasteiger partial charge in [-0.25, -0.2) is 4.39 Å². The van der Waals surface area contributed by atoms with Gasteiger partial charge in [0.25, 0.3) is 0 Å². The maximum absolute atomic E-state index is 13.3. The lowest BCUT2D eigenvalue weighted by Crippen LogP contribution is -2.04. The van der Waals surface area contributed by atoms with Gasteiger partial charge in [0.2, 0.25) is 6.39 Å². The van der Waals surface area contributed by atoms with Gasteiger partial charge in [0.1, 0.15) is 5.76 Å². The molecule has 0 aliphatic heterocycles. The van der Waals surface area contributed by atoms with E-state index in [-0.39, 0.29) is 17.5 Å². The quantitative estimate of drug-likeness (QED) is 0.725. The molecule has 0 aromatic carbocycles. The maximum atomic E-state index is 13.3. The Balaban J connectivity index is 2.19. The summed E-state index contributed by atoms with van der Waals surface area (Å²) in [7, 11) is 1.44. The lowest BCUT2D eigenvalue weighted by atomic mass is 9.99. The molecule has 1 aromatic heterocycles. The number of nitrogens with zero attached hydrogens (tertiary/aromatic N) is 2. The van der Waals surface area contributed by atoms with E-state index in [1.54, 1.807) is 6.08 Å². The molecule has 0 amide bonds. The first kappa shape index (κ1) is 8.93.